The lowest BCUT2D eigenvalue weighted by Crippen LogP contribution is -2.29. The second-order valence-corrected chi connectivity index (χ2v) is 9.09. The molecule has 0 aliphatic heterocycles. The summed E-state index contributed by atoms with van der Waals surface area (Å²) in [4.78, 5) is 22.7. The molecule has 5 aromatic rings. The van der Waals surface area contributed by atoms with Crippen molar-refractivity contribution in [3.05, 3.63) is 120 Å². The van der Waals surface area contributed by atoms with E-state index in [1.807, 2.05) is 104 Å². The first-order valence-corrected chi connectivity index (χ1v) is 12.9. The summed E-state index contributed by atoms with van der Waals surface area (Å²) in [6.45, 7) is 2.29. The van der Waals surface area contributed by atoms with Crippen molar-refractivity contribution >= 4 is 11.7 Å². The van der Waals surface area contributed by atoms with E-state index in [4.69, 9.17) is 13.9 Å². The highest BCUT2D eigenvalue weighted by atomic mass is 16.5. The number of para-hydroxylation sites is 3. The van der Waals surface area contributed by atoms with Crippen molar-refractivity contribution in [3.8, 4) is 28.8 Å². The molecule has 8 heteroatoms. The van der Waals surface area contributed by atoms with Crippen LogP contribution in [0, 0.1) is 6.92 Å². The molecule has 2 heterocycles. The van der Waals surface area contributed by atoms with Crippen molar-refractivity contribution in [3.63, 3.8) is 0 Å². The summed E-state index contributed by atoms with van der Waals surface area (Å²) >= 11 is 0. The lowest BCUT2D eigenvalue weighted by Gasteiger charge is -2.25. The molecular weight excluding hydrogens is 506 g/mol. The predicted molar refractivity (Wildman–Crippen MR) is 152 cm³/mol. The molecule has 0 aliphatic carbocycles. The number of oxazole rings is 1. The average molecular weight is 536 g/mol. The van der Waals surface area contributed by atoms with Crippen LogP contribution in [0.15, 0.2) is 108 Å². The van der Waals surface area contributed by atoms with Gasteiger partial charge in [0.25, 0.3) is 0 Å². The van der Waals surface area contributed by atoms with Gasteiger partial charge >= 0.3 is 5.97 Å². The standard InChI is InChI=1S/C32H29N3O5/c1-23-27(34-32(39-23)24-11-4-2-5-12-24)19-20-38-30-18-10-13-25(33-30)21-35(22-31(36)37)28-16-8-9-17-29(28)40-26-14-6-3-7-15-26/h2-18H,19-22H2,1H3,(H,36,37). The highest BCUT2D eigenvalue weighted by molar-refractivity contribution is 5.75. The minimum absolute atomic E-state index is 0.225. The minimum atomic E-state index is -0.959. The number of nitrogens with zero attached hydrogens (tertiary/aromatic N) is 3. The maximum Gasteiger partial charge on any atom is 0.323 e. The van der Waals surface area contributed by atoms with Gasteiger partial charge in [-0.15, -0.1) is 0 Å². The van der Waals surface area contributed by atoms with Crippen molar-refractivity contribution in [1.82, 2.24) is 9.97 Å². The van der Waals surface area contributed by atoms with E-state index in [2.05, 4.69) is 9.97 Å². The van der Waals surface area contributed by atoms with Crippen LogP contribution in [0.5, 0.6) is 17.4 Å². The van der Waals surface area contributed by atoms with E-state index in [-0.39, 0.29) is 13.1 Å². The molecule has 0 radical (unpaired) electrons. The van der Waals surface area contributed by atoms with Crippen molar-refractivity contribution < 1.29 is 23.8 Å². The first-order chi connectivity index (χ1) is 19.5. The van der Waals surface area contributed by atoms with Crippen LogP contribution in [-0.2, 0) is 17.8 Å². The summed E-state index contributed by atoms with van der Waals surface area (Å²) in [5, 5.41) is 9.64. The first kappa shape index (κ1) is 26.5. The summed E-state index contributed by atoms with van der Waals surface area (Å²) in [6.07, 6.45) is 0.559. The maximum absolute atomic E-state index is 11.8. The Bertz CT molecular complexity index is 1550. The van der Waals surface area contributed by atoms with Gasteiger partial charge < -0.3 is 23.9 Å². The number of carboxylic acids is 1. The highest BCUT2D eigenvalue weighted by Crippen LogP contribution is 2.33. The van der Waals surface area contributed by atoms with Gasteiger partial charge in [-0.05, 0) is 49.4 Å². The Labute approximate surface area is 232 Å². The Kier molecular flexibility index (Phi) is 8.36. The second-order valence-electron chi connectivity index (χ2n) is 9.09. The summed E-state index contributed by atoms with van der Waals surface area (Å²) in [5.41, 5.74) is 3.07. The number of aryl methyl sites for hydroxylation is 1. The third kappa shape index (κ3) is 6.85. The number of aliphatic carboxylic acids is 1. The number of hydrogen-bond acceptors (Lipinski definition) is 7. The lowest BCUT2D eigenvalue weighted by molar-refractivity contribution is -0.135. The molecule has 0 fully saturated rings. The quantitative estimate of drug-likeness (QED) is 0.192. The number of hydrogen-bond donors (Lipinski definition) is 1. The first-order valence-electron chi connectivity index (χ1n) is 12.9. The third-order valence-corrected chi connectivity index (χ3v) is 6.14. The molecule has 0 aliphatic rings. The molecule has 3 aromatic carbocycles. The predicted octanol–water partition coefficient (Wildman–Crippen LogP) is 6.55. The Morgan fingerprint density at radius 3 is 2.38 bits per heavy atom. The van der Waals surface area contributed by atoms with Crippen molar-refractivity contribution in [2.24, 2.45) is 0 Å². The van der Waals surface area contributed by atoms with E-state index < -0.39 is 5.97 Å². The van der Waals surface area contributed by atoms with Crippen molar-refractivity contribution in [2.45, 2.75) is 19.9 Å². The molecule has 0 unspecified atom stereocenters. The molecule has 202 valence electrons. The fourth-order valence-corrected chi connectivity index (χ4v) is 4.25. The van der Waals surface area contributed by atoms with Crippen LogP contribution in [0.25, 0.3) is 11.5 Å². The zero-order valence-corrected chi connectivity index (χ0v) is 22.1. The molecule has 0 saturated carbocycles. The number of rotatable bonds is 12. The summed E-state index contributed by atoms with van der Waals surface area (Å²) < 4.78 is 17.9. The summed E-state index contributed by atoms with van der Waals surface area (Å²) in [6, 6.07) is 32.0. The number of aromatic nitrogens is 2. The third-order valence-electron chi connectivity index (χ3n) is 6.14. The molecule has 0 saturated heterocycles. The molecule has 40 heavy (non-hydrogen) atoms. The fourth-order valence-electron chi connectivity index (χ4n) is 4.25. The van der Waals surface area contributed by atoms with Gasteiger partial charge in [0.2, 0.25) is 11.8 Å². The molecule has 0 amide bonds. The lowest BCUT2D eigenvalue weighted by atomic mass is 10.2. The summed E-state index contributed by atoms with van der Waals surface area (Å²) in [5.74, 6) is 2.05. The molecule has 0 spiro atoms. The van der Waals surface area contributed by atoms with Crippen LogP contribution in [0.2, 0.25) is 0 Å². The zero-order chi connectivity index (χ0) is 27.7. The normalized spacial score (nSPS) is 10.7. The van der Waals surface area contributed by atoms with E-state index >= 15 is 0 Å². The number of anilines is 1. The Morgan fingerprint density at radius 2 is 1.60 bits per heavy atom. The van der Waals surface area contributed by atoms with E-state index in [0.29, 0.717) is 47.7 Å². The Balaban J connectivity index is 1.27. The number of pyridine rings is 1. The molecule has 5 rings (SSSR count). The van der Waals surface area contributed by atoms with Crippen LogP contribution < -0.4 is 14.4 Å². The van der Waals surface area contributed by atoms with Crippen molar-refractivity contribution in [2.75, 3.05) is 18.1 Å². The van der Waals surface area contributed by atoms with Gasteiger partial charge in [-0.3, -0.25) is 4.79 Å². The van der Waals surface area contributed by atoms with Gasteiger partial charge in [0.1, 0.15) is 18.1 Å². The number of ether oxygens (including phenoxy) is 2. The molecule has 0 bridgehead atoms. The van der Waals surface area contributed by atoms with Gasteiger partial charge in [0.05, 0.1) is 30.2 Å². The van der Waals surface area contributed by atoms with Crippen LogP contribution in [0.3, 0.4) is 0 Å². The highest BCUT2D eigenvalue weighted by Gasteiger charge is 2.18. The molecule has 1 N–H and O–H groups in total. The number of carboxylic acid groups (broad SMARTS) is 1. The van der Waals surface area contributed by atoms with Crippen LogP contribution in [-0.4, -0.2) is 34.2 Å². The summed E-state index contributed by atoms with van der Waals surface area (Å²) in [7, 11) is 0. The SMILES string of the molecule is Cc1oc(-c2ccccc2)nc1CCOc1cccc(CN(CC(=O)O)c2ccccc2Oc2ccccc2)n1. The monoisotopic (exact) mass is 535 g/mol. The van der Waals surface area contributed by atoms with Gasteiger partial charge in [-0.1, -0.05) is 54.6 Å². The Hall–Kier alpha value is -5.11. The smallest absolute Gasteiger partial charge is 0.323 e. The molecule has 8 nitrogen and oxygen atoms in total. The fraction of sp³-hybridized carbons (Fsp3) is 0.156. The zero-order valence-electron chi connectivity index (χ0n) is 22.1. The largest absolute Gasteiger partial charge is 0.480 e. The Morgan fingerprint density at radius 1 is 0.875 bits per heavy atom. The van der Waals surface area contributed by atoms with E-state index in [1.54, 1.807) is 11.0 Å². The molecule has 0 atom stereocenters. The van der Waals surface area contributed by atoms with Gasteiger partial charge in [-0.25, -0.2) is 9.97 Å². The van der Waals surface area contributed by atoms with Crippen LogP contribution in [0.4, 0.5) is 5.69 Å². The maximum atomic E-state index is 11.8. The van der Waals surface area contributed by atoms with Gasteiger partial charge in [0.15, 0.2) is 5.75 Å². The molecule has 2 aromatic heterocycles. The van der Waals surface area contributed by atoms with E-state index in [0.717, 1.165) is 17.0 Å². The molecular formula is C32H29N3O5. The van der Waals surface area contributed by atoms with Crippen LogP contribution in [0.1, 0.15) is 17.1 Å². The number of carbonyl (C=O) groups is 1. The van der Waals surface area contributed by atoms with E-state index in [1.165, 1.54) is 0 Å². The van der Waals surface area contributed by atoms with Crippen LogP contribution >= 0.6 is 0 Å². The van der Waals surface area contributed by atoms with Crippen molar-refractivity contribution in [1.29, 1.82) is 0 Å². The topological polar surface area (TPSA) is 97.9 Å². The number of benzene rings is 3. The van der Waals surface area contributed by atoms with Gasteiger partial charge in [0, 0.05) is 18.1 Å². The average Bonchev–Trinajstić information content (AvgIpc) is 3.34. The van der Waals surface area contributed by atoms with E-state index in [9.17, 15) is 9.90 Å². The second kappa shape index (κ2) is 12.6. The minimum Gasteiger partial charge on any atom is -0.480 e. The van der Waals surface area contributed by atoms with Gasteiger partial charge in [-0.2, -0.15) is 0 Å².